The normalized spacial score (nSPS) is 11.6. The summed E-state index contributed by atoms with van der Waals surface area (Å²) < 4.78 is 33.2. The molecule has 0 amide bonds. The maximum atomic E-state index is 13.0. The fourth-order valence-corrected chi connectivity index (χ4v) is 4.85. The highest BCUT2D eigenvalue weighted by Crippen LogP contribution is 2.21. The SMILES string of the molecule is C=CCN(Cc1csc(COc2cccc(C)c2)n1)S(=O)(=O)c1ccc(C)cc1. The highest BCUT2D eigenvalue weighted by atomic mass is 32.2. The van der Waals surface area contributed by atoms with Crippen LogP contribution in [-0.4, -0.2) is 24.3 Å². The van der Waals surface area contributed by atoms with Gasteiger partial charge in [0.2, 0.25) is 10.0 Å². The highest BCUT2D eigenvalue weighted by molar-refractivity contribution is 7.89. The maximum absolute atomic E-state index is 13.0. The van der Waals surface area contributed by atoms with Crippen LogP contribution < -0.4 is 4.74 Å². The van der Waals surface area contributed by atoms with Gasteiger partial charge in [-0.2, -0.15) is 4.31 Å². The molecule has 2 aromatic carbocycles. The van der Waals surface area contributed by atoms with E-state index < -0.39 is 10.0 Å². The quantitative estimate of drug-likeness (QED) is 0.463. The summed E-state index contributed by atoms with van der Waals surface area (Å²) in [5.41, 5.74) is 2.83. The molecule has 5 nitrogen and oxygen atoms in total. The number of rotatable bonds is 9. The molecule has 1 aromatic heterocycles. The van der Waals surface area contributed by atoms with Crippen molar-refractivity contribution in [2.45, 2.75) is 31.9 Å². The number of nitrogens with zero attached hydrogens (tertiary/aromatic N) is 2. The number of aryl methyl sites for hydroxylation is 2. The van der Waals surface area contributed by atoms with E-state index in [4.69, 9.17) is 4.74 Å². The first-order chi connectivity index (χ1) is 13.9. The van der Waals surface area contributed by atoms with Crippen molar-refractivity contribution in [3.8, 4) is 5.75 Å². The fourth-order valence-electron chi connectivity index (χ4n) is 2.77. The minimum Gasteiger partial charge on any atom is -0.486 e. The second-order valence-corrected chi connectivity index (χ2v) is 9.62. The van der Waals surface area contributed by atoms with Gasteiger partial charge in [-0.05, 0) is 43.7 Å². The molecule has 0 atom stereocenters. The van der Waals surface area contributed by atoms with Gasteiger partial charge in [-0.1, -0.05) is 35.9 Å². The molecule has 3 aromatic rings. The van der Waals surface area contributed by atoms with E-state index in [0.29, 0.717) is 12.3 Å². The molecular formula is C22H24N2O3S2. The lowest BCUT2D eigenvalue weighted by Gasteiger charge is -2.20. The van der Waals surface area contributed by atoms with Gasteiger partial charge >= 0.3 is 0 Å². The zero-order valence-corrected chi connectivity index (χ0v) is 18.2. The lowest BCUT2D eigenvalue weighted by molar-refractivity contribution is 0.305. The van der Waals surface area contributed by atoms with Crippen molar-refractivity contribution < 1.29 is 13.2 Å². The van der Waals surface area contributed by atoms with Gasteiger partial charge in [0.05, 0.1) is 17.1 Å². The van der Waals surface area contributed by atoms with Crippen LogP contribution in [0.25, 0.3) is 0 Å². The zero-order chi connectivity index (χ0) is 20.9. The van der Waals surface area contributed by atoms with E-state index in [1.165, 1.54) is 15.6 Å². The summed E-state index contributed by atoms with van der Waals surface area (Å²) >= 11 is 1.46. The molecule has 1 heterocycles. The third-order valence-electron chi connectivity index (χ3n) is 4.28. The monoisotopic (exact) mass is 428 g/mol. The molecule has 0 aliphatic carbocycles. The summed E-state index contributed by atoms with van der Waals surface area (Å²) in [6.45, 7) is 8.37. The van der Waals surface area contributed by atoms with Crippen LogP contribution in [0, 0.1) is 13.8 Å². The Morgan fingerprint density at radius 1 is 1.14 bits per heavy atom. The third-order valence-corrected chi connectivity index (χ3v) is 6.98. The molecule has 0 N–H and O–H groups in total. The van der Waals surface area contributed by atoms with Crippen LogP contribution in [0.5, 0.6) is 5.75 Å². The Balaban J connectivity index is 1.71. The molecule has 152 valence electrons. The molecule has 7 heteroatoms. The van der Waals surface area contributed by atoms with Crippen LogP contribution in [0.1, 0.15) is 21.8 Å². The number of aromatic nitrogens is 1. The Morgan fingerprint density at radius 3 is 2.59 bits per heavy atom. The Kier molecular flexibility index (Phi) is 6.84. The van der Waals surface area contributed by atoms with E-state index in [1.807, 2.05) is 43.5 Å². The molecule has 0 bridgehead atoms. The lowest BCUT2D eigenvalue weighted by Crippen LogP contribution is -2.31. The topological polar surface area (TPSA) is 59.5 Å². The largest absolute Gasteiger partial charge is 0.486 e. The summed E-state index contributed by atoms with van der Waals surface area (Å²) in [6, 6.07) is 14.7. The maximum Gasteiger partial charge on any atom is 0.243 e. The smallest absolute Gasteiger partial charge is 0.243 e. The predicted octanol–water partition coefficient (Wildman–Crippen LogP) is 4.72. The van der Waals surface area contributed by atoms with Gasteiger partial charge < -0.3 is 4.74 Å². The van der Waals surface area contributed by atoms with Crippen molar-refractivity contribution in [3.05, 3.63) is 88.4 Å². The zero-order valence-electron chi connectivity index (χ0n) is 16.5. The molecule has 0 aliphatic heterocycles. The van der Waals surface area contributed by atoms with Crippen LogP contribution in [0.15, 0.2) is 71.5 Å². The third kappa shape index (κ3) is 5.53. The number of ether oxygens (including phenoxy) is 1. The predicted molar refractivity (Wildman–Crippen MR) is 117 cm³/mol. The van der Waals surface area contributed by atoms with Crippen LogP contribution in [0.4, 0.5) is 0 Å². The van der Waals surface area contributed by atoms with Gasteiger partial charge in [-0.3, -0.25) is 0 Å². The first kappa shape index (κ1) is 21.2. The average Bonchev–Trinajstić information content (AvgIpc) is 3.14. The van der Waals surface area contributed by atoms with Crippen LogP contribution in [0.2, 0.25) is 0 Å². The molecule has 0 saturated carbocycles. The molecule has 0 unspecified atom stereocenters. The van der Waals surface area contributed by atoms with Gasteiger partial charge in [-0.25, -0.2) is 13.4 Å². The number of sulfonamides is 1. The van der Waals surface area contributed by atoms with E-state index in [0.717, 1.165) is 21.9 Å². The van der Waals surface area contributed by atoms with Crippen LogP contribution in [0.3, 0.4) is 0 Å². The lowest BCUT2D eigenvalue weighted by atomic mass is 10.2. The van der Waals surface area contributed by atoms with Gasteiger partial charge in [-0.15, -0.1) is 17.9 Å². The van der Waals surface area contributed by atoms with Crippen molar-refractivity contribution in [2.24, 2.45) is 0 Å². The molecule has 0 radical (unpaired) electrons. The van der Waals surface area contributed by atoms with Gasteiger partial charge in [0.1, 0.15) is 17.4 Å². The van der Waals surface area contributed by atoms with Crippen molar-refractivity contribution in [3.63, 3.8) is 0 Å². The van der Waals surface area contributed by atoms with E-state index in [9.17, 15) is 8.42 Å². The standard InChI is InChI=1S/C22H24N2O3S2/c1-4-12-24(29(25,26)21-10-8-17(2)9-11-21)14-19-16-28-22(23-19)15-27-20-7-5-6-18(3)13-20/h4-11,13,16H,1,12,14-15H2,2-3H3. The second-order valence-electron chi connectivity index (χ2n) is 6.74. The molecule has 0 spiro atoms. The molecular weight excluding hydrogens is 404 g/mol. The Bertz CT molecular complexity index is 1070. The van der Waals surface area contributed by atoms with Crippen molar-refractivity contribution in [2.75, 3.05) is 6.54 Å². The van der Waals surface area contributed by atoms with Gasteiger partial charge in [0.25, 0.3) is 0 Å². The first-order valence-electron chi connectivity index (χ1n) is 9.19. The van der Waals surface area contributed by atoms with Crippen molar-refractivity contribution in [1.29, 1.82) is 0 Å². The van der Waals surface area contributed by atoms with Gasteiger partial charge in [0.15, 0.2) is 0 Å². The number of thiazole rings is 1. The van der Waals surface area contributed by atoms with Crippen LogP contribution >= 0.6 is 11.3 Å². The van der Waals surface area contributed by atoms with Crippen molar-refractivity contribution in [1.82, 2.24) is 9.29 Å². The summed E-state index contributed by atoms with van der Waals surface area (Å²) in [4.78, 5) is 4.81. The summed E-state index contributed by atoms with van der Waals surface area (Å²) in [5, 5.41) is 2.67. The fraction of sp³-hybridized carbons (Fsp3) is 0.227. The molecule has 0 fully saturated rings. The molecule has 3 rings (SSSR count). The molecule has 0 saturated heterocycles. The number of benzene rings is 2. The summed E-state index contributed by atoms with van der Waals surface area (Å²) in [5.74, 6) is 0.789. The van der Waals surface area contributed by atoms with Gasteiger partial charge in [0, 0.05) is 11.9 Å². The number of hydrogen-bond donors (Lipinski definition) is 0. The van der Waals surface area contributed by atoms with E-state index in [2.05, 4.69) is 11.6 Å². The van der Waals surface area contributed by atoms with E-state index >= 15 is 0 Å². The Morgan fingerprint density at radius 2 is 1.90 bits per heavy atom. The Labute approximate surface area is 176 Å². The minimum absolute atomic E-state index is 0.184. The highest BCUT2D eigenvalue weighted by Gasteiger charge is 2.24. The van der Waals surface area contributed by atoms with Crippen molar-refractivity contribution >= 4 is 21.4 Å². The molecule has 29 heavy (non-hydrogen) atoms. The second kappa shape index (κ2) is 9.35. The summed E-state index contributed by atoms with van der Waals surface area (Å²) in [6.07, 6.45) is 1.58. The average molecular weight is 429 g/mol. The minimum atomic E-state index is -3.63. The Hall–Kier alpha value is -2.48. The molecule has 0 aliphatic rings. The van der Waals surface area contributed by atoms with E-state index in [1.54, 1.807) is 30.3 Å². The van der Waals surface area contributed by atoms with E-state index in [-0.39, 0.29) is 18.0 Å². The number of hydrogen-bond acceptors (Lipinski definition) is 5. The first-order valence-corrected chi connectivity index (χ1v) is 11.5. The summed E-state index contributed by atoms with van der Waals surface area (Å²) in [7, 11) is -3.63. The van der Waals surface area contributed by atoms with Crippen LogP contribution in [-0.2, 0) is 23.2 Å².